The Morgan fingerprint density at radius 3 is 2.54 bits per heavy atom. The van der Waals surface area contributed by atoms with Crippen LogP contribution in [-0.2, 0) is 14.3 Å². The summed E-state index contributed by atoms with van der Waals surface area (Å²) in [7, 11) is 1.38. The molecule has 1 saturated carbocycles. The van der Waals surface area contributed by atoms with E-state index in [0.717, 1.165) is 19.4 Å². The molecule has 1 amide bonds. The predicted octanol–water partition coefficient (Wildman–Crippen LogP) is 0.170. The van der Waals surface area contributed by atoms with E-state index in [9.17, 15) is 9.59 Å². The van der Waals surface area contributed by atoms with Gasteiger partial charge >= 0.3 is 5.97 Å². The minimum absolute atomic E-state index is 0.0228. The van der Waals surface area contributed by atoms with Crippen molar-refractivity contribution < 1.29 is 14.3 Å². The van der Waals surface area contributed by atoms with Crippen molar-refractivity contribution in [1.29, 1.82) is 0 Å². The van der Waals surface area contributed by atoms with Crippen LogP contribution in [0.25, 0.3) is 0 Å². The van der Waals surface area contributed by atoms with E-state index < -0.39 is 5.54 Å². The van der Waals surface area contributed by atoms with Crippen molar-refractivity contribution in [3.63, 3.8) is 0 Å². The van der Waals surface area contributed by atoms with Crippen molar-refractivity contribution in [2.75, 3.05) is 13.7 Å². The average Bonchev–Trinajstić information content (AvgIpc) is 2.55. The molecular weight excluding hydrogens is 170 g/mol. The Morgan fingerprint density at radius 1 is 1.46 bits per heavy atom. The van der Waals surface area contributed by atoms with Crippen LogP contribution in [0.2, 0.25) is 0 Å². The molecule has 2 bridgehead atoms. The van der Waals surface area contributed by atoms with Gasteiger partial charge in [-0.15, -0.1) is 0 Å². The molecule has 13 heavy (non-hydrogen) atoms. The number of carbonyl (C=O) groups is 2. The smallest absolute Gasteiger partial charge is 0.331 e. The van der Waals surface area contributed by atoms with Gasteiger partial charge in [-0.05, 0) is 18.8 Å². The van der Waals surface area contributed by atoms with Gasteiger partial charge in [0.1, 0.15) is 5.54 Å². The lowest BCUT2D eigenvalue weighted by atomic mass is 9.73. The van der Waals surface area contributed by atoms with E-state index in [1.807, 2.05) is 0 Å². The van der Waals surface area contributed by atoms with E-state index in [1.165, 1.54) is 14.0 Å². The third kappa shape index (κ3) is 0.913. The van der Waals surface area contributed by atoms with Crippen molar-refractivity contribution in [3.8, 4) is 0 Å². The molecule has 72 valence electrons. The van der Waals surface area contributed by atoms with Gasteiger partial charge in [0.2, 0.25) is 5.91 Å². The normalized spacial score (nSPS) is 35.5. The van der Waals surface area contributed by atoms with Crippen molar-refractivity contribution in [2.24, 2.45) is 5.92 Å². The van der Waals surface area contributed by atoms with E-state index in [4.69, 9.17) is 4.74 Å². The molecule has 0 unspecified atom stereocenters. The van der Waals surface area contributed by atoms with Crippen LogP contribution in [0.1, 0.15) is 19.8 Å². The van der Waals surface area contributed by atoms with Gasteiger partial charge in [0.05, 0.1) is 7.11 Å². The third-order valence-corrected chi connectivity index (χ3v) is 3.16. The van der Waals surface area contributed by atoms with Gasteiger partial charge < -0.3 is 9.64 Å². The summed E-state index contributed by atoms with van der Waals surface area (Å²) in [6.45, 7) is 2.23. The Labute approximate surface area is 76.8 Å². The summed E-state index contributed by atoms with van der Waals surface area (Å²) in [5, 5.41) is 0. The minimum Gasteiger partial charge on any atom is -0.467 e. The second-order valence-electron chi connectivity index (χ2n) is 3.93. The number of rotatable bonds is 1. The molecule has 4 nitrogen and oxygen atoms in total. The first-order chi connectivity index (χ1) is 6.10. The Kier molecular flexibility index (Phi) is 1.62. The fourth-order valence-corrected chi connectivity index (χ4v) is 2.57. The second-order valence-corrected chi connectivity index (χ2v) is 3.93. The number of methoxy groups -OCH3 is 1. The number of amides is 1. The van der Waals surface area contributed by atoms with Gasteiger partial charge in [0.15, 0.2) is 0 Å². The molecule has 0 aromatic carbocycles. The molecular formula is C9H13NO3. The monoisotopic (exact) mass is 183 g/mol. The van der Waals surface area contributed by atoms with Gasteiger partial charge in [-0.3, -0.25) is 4.79 Å². The first-order valence-corrected chi connectivity index (χ1v) is 4.47. The van der Waals surface area contributed by atoms with E-state index in [1.54, 1.807) is 4.90 Å². The van der Waals surface area contributed by atoms with Crippen LogP contribution in [0.4, 0.5) is 0 Å². The highest BCUT2D eigenvalue weighted by Gasteiger charge is 2.62. The van der Waals surface area contributed by atoms with Gasteiger partial charge in [-0.2, -0.15) is 0 Å². The quantitative estimate of drug-likeness (QED) is 0.544. The van der Waals surface area contributed by atoms with Crippen LogP contribution in [0.3, 0.4) is 0 Å². The van der Waals surface area contributed by atoms with Gasteiger partial charge in [0.25, 0.3) is 0 Å². The fourth-order valence-electron chi connectivity index (χ4n) is 2.57. The zero-order valence-corrected chi connectivity index (χ0v) is 7.87. The van der Waals surface area contributed by atoms with Crippen molar-refractivity contribution in [1.82, 2.24) is 4.90 Å². The van der Waals surface area contributed by atoms with Crippen LogP contribution in [0, 0.1) is 5.92 Å². The zero-order chi connectivity index (χ0) is 9.64. The number of nitrogens with zero attached hydrogens (tertiary/aromatic N) is 1. The Balaban J connectivity index is 2.23. The van der Waals surface area contributed by atoms with Crippen LogP contribution >= 0.6 is 0 Å². The van der Waals surface area contributed by atoms with Crippen LogP contribution in [0.5, 0.6) is 0 Å². The maximum atomic E-state index is 11.5. The van der Waals surface area contributed by atoms with Gasteiger partial charge in [-0.1, -0.05) is 0 Å². The summed E-state index contributed by atoms with van der Waals surface area (Å²) in [5.41, 5.74) is -0.592. The lowest BCUT2D eigenvalue weighted by Crippen LogP contribution is -2.54. The summed E-state index contributed by atoms with van der Waals surface area (Å²) >= 11 is 0. The van der Waals surface area contributed by atoms with Crippen molar-refractivity contribution >= 4 is 11.9 Å². The maximum Gasteiger partial charge on any atom is 0.331 e. The summed E-state index contributed by atoms with van der Waals surface area (Å²) < 4.78 is 4.72. The van der Waals surface area contributed by atoms with Gasteiger partial charge in [-0.25, -0.2) is 4.79 Å². The Bertz CT molecular complexity index is 268. The van der Waals surface area contributed by atoms with E-state index in [0.29, 0.717) is 5.92 Å². The lowest BCUT2D eigenvalue weighted by molar-refractivity contribution is -0.160. The second kappa shape index (κ2) is 2.47. The first-order valence-electron chi connectivity index (χ1n) is 4.47. The SMILES string of the molecule is COC(=O)C12CC(CN1C(C)=O)C2. The molecule has 2 heterocycles. The summed E-state index contributed by atoms with van der Waals surface area (Å²) in [4.78, 5) is 24.4. The van der Waals surface area contributed by atoms with Gasteiger partial charge in [0, 0.05) is 13.5 Å². The molecule has 0 radical (unpaired) electrons. The highest BCUT2D eigenvalue weighted by Crippen LogP contribution is 2.51. The Morgan fingerprint density at radius 2 is 2.08 bits per heavy atom. The molecule has 0 aromatic heterocycles. The topological polar surface area (TPSA) is 46.6 Å². The molecule has 3 rings (SSSR count). The summed E-state index contributed by atoms with van der Waals surface area (Å²) in [6, 6.07) is 0. The van der Waals surface area contributed by atoms with Crippen molar-refractivity contribution in [3.05, 3.63) is 0 Å². The highest BCUT2D eigenvalue weighted by molar-refractivity contribution is 5.89. The summed E-state index contributed by atoms with van der Waals surface area (Å²) in [5.74, 6) is 0.241. The molecule has 4 heteroatoms. The van der Waals surface area contributed by atoms with Crippen LogP contribution in [-0.4, -0.2) is 36.0 Å². The van der Waals surface area contributed by atoms with Crippen molar-refractivity contribution in [2.45, 2.75) is 25.3 Å². The molecule has 0 spiro atoms. The predicted molar refractivity (Wildman–Crippen MR) is 44.9 cm³/mol. The number of ether oxygens (including phenoxy) is 1. The first kappa shape index (κ1) is 8.53. The number of hydrogen-bond acceptors (Lipinski definition) is 3. The molecule has 3 fully saturated rings. The minimum atomic E-state index is -0.592. The Hall–Kier alpha value is -1.06. The molecule has 0 N–H and O–H groups in total. The zero-order valence-electron chi connectivity index (χ0n) is 7.87. The molecule has 3 aliphatic rings. The lowest BCUT2D eigenvalue weighted by Gasteiger charge is -2.38. The molecule has 0 aromatic rings. The maximum absolute atomic E-state index is 11.5. The average molecular weight is 183 g/mol. The van der Waals surface area contributed by atoms with E-state index in [-0.39, 0.29) is 11.9 Å². The number of carbonyl (C=O) groups excluding carboxylic acids is 2. The van der Waals surface area contributed by atoms with E-state index in [2.05, 4.69) is 0 Å². The third-order valence-electron chi connectivity index (χ3n) is 3.16. The molecule has 2 saturated heterocycles. The molecule has 0 atom stereocenters. The van der Waals surface area contributed by atoms with E-state index >= 15 is 0 Å². The highest BCUT2D eigenvalue weighted by atomic mass is 16.5. The standard InChI is InChI=1S/C9H13NO3/c1-6(11)10-5-7-3-9(10,4-7)8(12)13-2/h7H,3-5H2,1-2H3. The summed E-state index contributed by atoms with van der Waals surface area (Å²) in [6.07, 6.45) is 1.58. The largest absolute Gasteiger partial charge is 0.467 e. The number of fused-ring (bicyclic) bond motifs is 1. The molecule has 2 aliphatic heterocycles. The number of hydrogen-bond donors (Lipinski definition) is 0. The molecule has 1 aliphatic carbocycles. The number of esters is 1. The fraction of sp³-hybridized carbons (Fsp3) is 0.778. The van der Waals surface area contributed by atoms with Crippen LogP contribution in [0.15, 0.2) is 0 Å². The van der Waals surface area contributed by atoms with Crippen LogP contribution < -0.4 is 0 Å².